The van der Waals surface area contributed by atoms with Gasteiger partial charge < -0.3 is 4.74 Å². The zero-order valence-electron chi connectivity index (χ0n) is 7.97. The largest absolute Gasteiger partial charge is 0.493 e. The monoisotopic (exact) mass is 174 g/mol. The van der Waals surface area contributed by atoms with E-state index in [1.165, 1.54) is 11.1 Å². The molecule has 0 N–H and O–H groups in total. The summed E-state index contributed by atoms with van der Waals surface area (Å²) in [5.41, 5.74) is 2.59. The fraction of sp³-hybridized carbons (Fsp3) is 0.417. The van der Waals surface area contributed by atoms with Crippen molar-refractivity contribution >= 4 is 0 Å². The van der Waals surface area contributed by atoms with Crippen molar-refractivity contribution in [2.24, 2.45) is 0 Å². The predicted octanol–water partition coefficient (Wildman–Crippen LogP) is 2.85. The third-order valence-corrected chi connectivity index (χ3v) is 2.29. The van der Waals surface area contributed by atoms with Gasteiger partial charge in [-0.05, 0) is 36.5 Å². The maximum Gasteiger partial charge on any atom is 0.122 e. The average Bonchev–Trinajstić information content (AvgIpc) is 2.62. The first-order valence-electron chi connectivity index (χ1n) is 4.90. The van der Waals surface area contributed by atoms with Crippen molar-refractivity contribution in [3.8, 4) is 5.75 Å². The van der Waals surface area contributed by atoms with Crippen LogP contribution in [-0.2, 0) is 6.42 Å². The van der Waals surface area contributed by atoms with E-state index in [4.69, 9.17) is 4.74 Å². The molecular weight excluding hydrogens is 160 g/mol. The summed E-state index contributed by atoms with van der Waals surface area (Å²) in [6, 6.07) is 6.21. The smallest absolute Gasteiger partial charge is 0.122 e. The first-order valence-corrected chi connectivity index (χ1v) is 4.90. The molecule has 1 aromatic rings. The van der Waals surface area contributed by atoms with Crippen molar-refractivity contribution < 1.29 is 4.74 Å². The number of fused-ring (bicyclic) bond motifs is 1. The predicted molar refractivity (Wildman–Crippen MR) is 52.9 cm³/mol. The van der Waals surface area contributed by atoms with E-state index in [1.807, 2.05) is 6.07 Å². The molecule has 1 aromatic carbocycles. The summed E-state index contributed by atoms with van der Waals surface area (Å²) < 4.78 is 5.66. The first kappa shape index (κ1) is 8.61. The van der Waals surface area contributed by atoms with Crippen molar-refractivity contribution in [3.63, 3.8) is 0 Å². The van der Waals surface area contributed by atoms with Gasteiger partial charge in [0.25, 0.3) is 0 Å². The Morgan fingerprint density at radius 3 is 3.23 bits per heavy atom. The lowest BCUT2D eigenvalue weighted by Gasteiger charge is -2.09. The van der Waals surface area contributed by atoms with Crippen molar-refractivity contribution in [2.45, 2.75) is 26.2 Å². The summed E-state index contributed by atoms with van der Waals surface area (Å²) in [5.74, 6) is 1.06. The maximum absolute atomic E-state index is 5.66. The fourth-order valence-corrected chi connectivity index (χ4v) is 1.66. The summed E-state index contributed by atoms with van der Waals surface area (Å²) in [6.07, 6.45) is 6.54. The number of hydrogen-bond acceptors (Lipinski definition) is 1. The highest BCUT2D eigenvalue weighted by atomic mass is 16.5. The van der Waals surface area contributed by atoms with Crippen LogP contribution in [0, 0.1) is 6.42 Å². The Labute approximate surface area is 79.7 Å². The molecule has 13 heavy (non-hydrogen) atoms. The lowest BCUT2D eigenvalue weighted by Crippen LogP contribution is -1.98. The van der Waals surface area contributed by atoms with Gasteiger partial charge in [-0.25, -0.2) is 0 Å². The molecule has 0 atom stereocenters. The van der Waals surface area contributed by atoms with Gasteiger partial charge in [0.1, 0.15) is 5.75 Å². The van der Waals surface area contributed by atoms with Crippen LogP contribution in [0.1, 0.15) is 30.9 Å². The molecule has 0 spiro atoms. The van der Waals surface area contributed by atoms with E-state index in [0.29, 0.717) is 0 Å². The van der Waals surface area contributed by atoms with E-state index < -0.39 is 0 Å². The van der Waals surface area contributed by atoms with E-state index in [9.17, 15) is 0 Å². The topological polar surface area (TPSA) is 9.23 Å². The summed E-state index contributed by atoms with van der Waals surface area (Å²) >= 11 is 0. The summed E-state index contributed by atoms with van der Waals surface area (Å²) in [6.45, 7) is 2.94. The Balaban J connectivity index is 2.20. The Hall–Kier alpha value is -0.980. The second kappa shape index (κ2) is 3.82. The van der Waals surface area contributed by atoms with E-state index in [-0.39, 0.29) is 0 Å². The second-order valence-corrected chi connectivity index (χ2v) is 3.31. The van der Waals surface area contributed by atoms with Crippen LogP contribution >= 0.6 is 0 Å². The molecule has 0 aliphatic heterocycles. The van der Waals surface area contributed by atoms with Gasteiger partial charge in [-0.3, -0.25) is 0 Å². The number of rotatable bonds is 3. The van der Waals surface area contributed by atoms with Gasteiger partial charge in [0.2, 0.25) is 0 Å². The zero-order chi connectivity index (χ0) is 9.10. The van der Waals surface area contributed by atoms with Gasteiger partial charge in [0, 0.05) is 6.42 Å². The van der Waals surface area contributed by atoms with Crippen molar-refractivity contribution in [1.29, 1.82) is 0 Å². The van der Waals surface area contributed by atoms with Gasteiger partial charge in [-0.15, -0.1) is 0 Å². The average molecular weight is 174 g/mol. The molecule has 0 bridgehead atoms. The Morgan fingerprint density at radius 1 is 1.46 bits per heavy atom. The molecule has 1 aliphatic carbocycles. The molecule has 2 rings (SSSR count). The quantitative estimate of drug-likeness (QED) is 0.684. The van der Waals surface area contributed by atoms with Gasteiger partial charge >= 0.3 is 0 Å². The van der Waals surface area contributed by atoms with Crippen LogP contribution in [0.4, 0.5) is 0 Å². The van der Waals surface area contributed by atoms with Crippen LogP contribution in [0.15, 0.2) is 18.2 Å². The normalized spacial score (nSPS) is 14.2. The second-order valence-electron chi connectivity index (χ2n) is 3.31. The third kappa shape index (κ3) is 1.69. The molecule has 0 unspecified atom stereocenters. The van der Waals surface area contributed by atoms with Crippen molar-refractivity contribution in [2.75, 3.05) is 6.61 Å². The minimum Gasteiger partial charge on any atom is -0.493 e. The van der Waals surface area contributed by atoms with Crippen LogP contribution in [-0.4, -0.2) is 6.61 Å². The van der Waals surface area contributed by atoms with Gasteiger partial charge in [0.05, 0.1) is 6.61 Å². The van der Waals surface area contributed by atoms with Gasteiger partial charge in [-0.2, -0.15) is 0 Å². The van der Waals surface area contributed by atoms with Crippen LogP contribution in [0.2, 0.25) is 0 Å². The molecule has 0 amide bonds. The Morgan fingerprint density at radius 2 is 2.38 bits per heavy atom. The van der Waals surface area contributed by atoms with E-state index in [1.54, 1.807) is 0 Å². The first-order chi connectivity index (χ1) is 6.42. The third-order valence-electron chi connectivity index (χ3n) is 2.29. The van der Waals surface area contributed by atoms with Crippen LogP contribution in [0.25, 0.3) is 0 Å². The number of ether oxygens (including phenoxy) is 1. The van der Waals surface area contributed by atoms with E-state index in [0.717, 1.165) is 31.6 Å². The lowest BCUT2D eigenvalue weighted by molar-refractivity contribution is 0.314. The summed E-state index contributed by atoms with van der Waals surface area (Å²) in [4.78, 5) is 0. The highest BCUT2D eigenvalue weighted by Gasteiger charge is 2.15. The SMILES string of the molecule is CCCOc1cccc2c1CC[C]2. The molecule has 0 fully saturated rings. The van der Waals surface area contributed by atoms with E-state index >= 15 is 0 Å². The maximum atomic E-state index is 5.66. The van der Waals surface area contributed by atoms with Gasteiger partial charge in [-0.1, -0.05) is 19.1 Å². The summed E-state index contributed by atoms with van der Waals surface area (Å²) in [5, 5.41) is 0. The molecule has 0 heterocycles. The van der Waals surface area contributed by atoms with E-state index in [2.05, 4.69) is 25.5 Å². The molecule has 68 valence electrons. The van der Waals surface area contributed by atoms with Crippen molar-refractivity contribution in [3.05, 3.63) is 35.7 Å². The standard InChI is InChI=1S/C12H14O/c1-2-9-13-12-8-4-6-10-5-3-7-11(10)12/h4,6,8H,2-3,7,9H2,1H3. The highest BCUT2D eigenvalue weighted by Crippen LogP contribution is 2.31. The molecular formula is C12H14O. The molecule has 0 saturated carbocycles. The minimum atomic E-state index is 0.816. The van der Waals surface area contributed by atoms with Crippen LogP contribution < -0.4 is 4.74 Å². The molecule has 1 aliphatic rings. The Kier molecular flexibility index (Phi) is 2.53. The molecule has 0 saturated heterocycles. The molecule has 1 heteroatoms. The van der Waals surface area contributed by atoms with Gasteiger partial charge in [0.15, 0.2) is 0 Å². The molecule has 1 nitrogen and oxygen atoms in total. The Bertz CT molecular complexity index is 291. The number of benzene rings is 1. The fourth-order valence-electron chi connectivity index (χ4n) is 1.66. The minimum absolute atomic E-state index is 0.816. The molecule has 2 radical (unpaired) electrons. The zero-order valence-corrected chi connectivity index (χ0v) is 7.97. The van der Waals surface area contributed by atoms with Crippen molar-refractivity contribution in [1.82, 2.24) is 0 Å². The number of hydrogen-bond donors (Lipinski definition) is 0. The highest BCUT2D eigenvalue weighted by molar-refractivity contribution is 5.47. The summed E-state index contributed by atoms with van der Waals surface area (Å²) in [7, 11) is 0. The molecule has 0 aromatic heterocycles. The lowest BCUT2D eigenvalue weighted by atomic mass is 10.1. The van der Waals surface area contributed by atoms with Crippen LogP contribution in [0.5, 0.6) is 5.75 Å². The van der Waals surface area contributed by atoms with Crippen LogP contribution in [0.3, 0.4) is 0 Å².